The van der Waals surface area contributed by atoms with Crippen molar-refractivity contribution >= 4 is 0 Å². The molecule has 0 radical (unpaired) electrons. The maximum Gasteiger partial charge on any atom is 0.123 e. The van der Waals surface area contributed by atoms with Crippen molar-refractivity contribution in [3.05, 3.63) is 29.3 Å². The first-order valence-electron chi connectivity index (χ1n) is 7.82. The van der Waals surface area contributed by atoms with Crippen LogP contribution in [0.25, 0.3) is 0 Å². The summed E-state index contributed by atoms with van der Waals surface area (Å²) in [7, 11) is 1.73. The predicted octanol–water partition coefficient (Wildman–Crippen LogP) is 2.42. The predicted molar refractivity (Wildman–Crippen MR) is 86.0 cm³/mol. The molecule has 118 valence electrons. The van der Waals surface area contributed by atoms with E-state index in [9.17, 15) is 0 Å². The van der Waals surface area contributed by atoms with Gasteiger partial charge in [-0.1, -0.05) is 17.7 Å². The van der Waals surface area contributed by atoms with Crippen molar-refractivity contribution in [3.63, 3.8) is 0 Å². The summed E-state index contributed by atoms with van der Waals surface area (Å²) < 4.78 is 11.0. The Morgan fingerprint density at radius 3 is 2.90 bits per heavy atom. The van der Waals surface area contributed by atoms with Crippen LogP contribution in [0.3, 0.4) is 0 Å². The molecule has 1 heterocycles. The molecule has 0 aromatic heterocycles. The van der Waals surface area contributed by atoms with Crippen LogP contribution >= 0.6 is 0 Å². The van der Waals surface area contributed by atoms with E-state index in [1.165, 1.54) is 11.1 Å². The molecule has 2 N–H and O–H groups in total. The molecular formula is C17H28N2O2. The van der Waals surface area contributed by atoms with E-state index in [1.807, 2.05) is 6.07 Å². The lowest BCUT2D eigenvalue weighted by atomic mass is 10.0. The summed E-state index contributed by atoms with van der Waals surface area (Å²) in [6.45, 7) is 9.14. The van der Waals surface area contributed by atoms with Gasteiger partial charge in [-0.25, -0.2) is 0 Å². The Balaban J connectivity index is 1.93. The molecule has 1 aliphatic rings. The second-order valence-corrected chi connectivity index (χ2v) is 6.00. The third kappa shape index (κ3) is 4.70. The van der Waals surface area contributed by atoms with Crippen LogP contribution in [0.4, 0.5) is 0 Å². The zero-order valence-electron chi connectivity index (χ0n) is 13.6. The fourth-order valence-corrected chi connectivity index (χ4v) is 2.97. The molecule has 0 amide bonds. The molecule has 3 atom stereocenters. The monoisotopic (exact) mass is 292 g/mol. The zero-order valence-corrected chi connectivity index (χ0v) is 13.6. The van der Waals surface area contributed by atoms with E-state index in [0.717, 1.165) is 31.9 Å². The van der Waals surface area contributed by atoms with Crippen LogP contribution in [0.5, 0.6) is 5.75 Å². The van der Waals surface area contributed by atoms with Crippen molar-refractivity contribution < 1.29 is 9.47 Å². The van der Waals surface area contributed by atoms with Gasteiger partial charge in [0.25, 0.3) is 0 Å². The van der Waals surface area contributed by atoms with Gasteiger partial charge in [0.15, 0.2) is 0 Å². The molecule has 1 aromatic rings. The standard InChI is InChI=1S/C17H28N2O2/c1-12-5-6-17(20-4)16(9-12)14(3)19-13(2)10-15-11-21-8-7-18-15/h5-6,9,13-15,18-19H,7-8,10-11H2,1-4H3. The number of ether oxygens (including phenoxy) is 2. The number of rotatable bonds is 6. The van der Waals surface area contributed by atoms with Crippen molar-refractivity contribution in [3.8, 4) is 5.75 Å². The van der Waals surface area contributed by atoms with Gasteiger partial charge < -0.3 is 20.1 Å². The van der Waals surface area contributed by atoms with E-state index in [4.69, 9.17) is 9.47 Å². The summed E-state index contributed by atoms with van der Waals surface area (Å²) in [5.74, 6) is 0.951. The van der Waals surface area contributed by atoms with Gasteiger partial charge in [-0.3, -0.25) is 0 Å². The Morgan fingerprint density at radius 2 is 2.24 bits per heavy atom. The van der Waals surface area contributed by atoms with Gasteiger partial charge in [0.2, 0.25) is 0 Å². The maximum atomic E-state index is 5.51. The largest absolute Gasteiger partial charge is 0.496 e. The van der Waals surface area contributed by atoms with Gasteiger partial charge in [-0.05, 0) is 33.3 Å². The molecule has 1 saturated heterocycles. The van der Waals surface area contributed by atoms with Crippen LogP contribution in [0.2, 0.25) is 0 Å². The molecule has 3 unspecified atom stereocenters. The van der Waals surface area contributed by atoms with Gasteiger partial charge in [-0.2, -0.15) is 0 Å². The van der Waals surface area contributed by atoms with Crippen LogP contribution in [0, 0.1) is 6.92 Å². The van der Waals surface area contributed by atoms with Crippen molar-refractivity contribution in [2.45, 2.75) is 45.3 Å². The highest BCUT2D eigenvalue weighted by Gasteiger charge is 2.19. The van der Waals surface area contributed by atoms with Gasteiger partial charge in [0, 0.05) is 30.2 Å². The van der Waals surface area contributed by atoms with Gasteiger partial charge in [0.05, 0.1) is 20.3 Å². The molecular weight excluding hydrogens is 264 g/mol. The van der Waals surface area contributed by atoms with E-state index in [1.54, 1.807) is 7.11 Å². The van der Waals surface area contributed by atoms with Crippen LogP contribution in [0.15, 0.2) is 18.2 Å². The number of benzene rings is 1. The average Bonchev–Trinajstić information content (AvgIpc) is 2.48. The zero-order chi connectivity index (χ0) is 15.2. The molecule has 0 spiro atoms. The first-order chi connectivity index (χ1) is 10.1. The van der Waals surface area contributed by atoms with Gasteiger partial charge in [0.1, 0.15) is 5.75 Å². The maximum absolute atomic E-state index is 5.51. The molecule has 0 bridgehead atoms. The molecule has 4 heteroatoms. The smallest absolute Gasteiger partial charge is 0.123 e. The lowest BCUT2D eigenvalue weighted by molar-refractivity contribution is 0.0708. The summed E-state index contributed by atoms with van der Waals surface area (Å²) in [5, 5.41) is 7.17. The minimum Gasteiger partial charge on any atom is -0.496 e. The number of nitrogens with one attached hydrogen (secondary N) is 2. The fraction of sp³-hybridized carbons (Fsp3) is 0.647. The van der Waals surface area contributed by atoms with E-state index in [-0.39, 0.29) is 6.04 Å². The van der Waals surface area contributed by atoms with Crippen LogP contribution in [-0.4, -0.2) is 39.0 Å². The third-order valence-corrected chi connectivity index (χ3v) is 4.02. The lowest BCUT2D eigenvalue weighted by Gasteiger charge is -2.28. The topological polar surface area (TPSA) is 42.5 Å². The quantitative estimate of drug-likeness (QED) is 0.845. The highest BCUT2D eigenvalue weighted by Crippen LogP contribution is 2.26. The Bertz CT molecular complexity index is 444. The Morgan fingerprint density at radius 1 is 1.43 bits per heavy atom. The number of hydrogen-bond acceptors (Lipinski definition) is 4. The highest BCUT2D eigenvalue weighted by molar-refractivity contribution is 5.38. The third-order valence-electron chi connectivity index (χ3n) is 4.02. The Kier molecular flexibility index (Phi) is 6.03. The minimum atomic E-state index is 0.263. The highest BCUT2D eigenvalue weighted by atomic mass is 16.5. The normalized spacial score (nSPS) is 21.8. The number of morpholine rings is 1. The molecule has 0 aliphatic carbocycles. The molecule has 2 rings (SSSR count). The second kappa shape index (κ2) is 7.78. The summed E-state index contributed by atoms with van der Waals surface area (Å²) >= 11 is 0. The summed E-state index contributed by atoms with van der Waals surface area (Å²) in [6, 6.07) is 7.47. The van der Waals surface area contributed by atoms with E-state index < -0.39 is 0 Å². The second-order valence-electron chi connectivity index (χ2n) is 6.00. The number of aryl methyl sites for hydroxylation is 1. The SMILES string of the molecule is COc1ccc(C)cc1C(C)NC(C)CC1COCCN1. The first-order valence-corrected chi connectivity index (χ1v) is 7.82. The lowest BCUT2D eigenvalue weighted by Crippen LogP contribution is -2.45. The molecule has 0 saturated carbocycles. The first kappa shape index (κ1) is 16.3. The molecule has 1 fully saturated rings. The minimum absolute atomic E-state index is 0.263. The summed E-state index contributed by atoms with van der Waals surface area (Å²) in [6.07, 6.45) is 1.07. The van der Waals surface area contributed by atoms with E-state index >= 15 is 0 Å². The van der Waals surface area contributed by atoms with Crippen molar-refractivity contribution in [1.82, 2.24) is 10.6 Å². The van der Waals surface area contributed by atoms with Crippen LogP contribution < -0.4 is 15.4 Å². The summed E-state index contributed by atoms with van der Waals surface area (Å²) in [4.78, 5) is 0. The van der Waals surface area contributed by atoms with Crippen LogP contribution in [0.1, 0.15) is 37.4 Å². The Hall–Kier alpha value is -1.10. The van der Waals surface area contributed by atoms with Crippen molar-refractivity contribution in [2.24, 2.45) is 0 Å². The van der Waals surface area contributed by atoms with E-state index in [0.29, 0.717) is 12.1 Å². The van der Waals surface area contributed by atoms with Gasteiger partial charge in [-0.15, -0.1) is 0 Å². The van der Waals surface area contributed by atoms with Gasteiger partial charge >= 0.3 is 0 Å². The molecule has 21 heavy (non-hydrogen) atoms. The van der Waals surface area contributed by atoms with Crippen molar-refractivity contribution in [2.75, 3.05) is 26.9 Å². The average molecular weight is 292 g/mol. The van der Waals surface area contributed by atoms with Crippen LogP contribution in [-0.2, 0) is 4.74 Å². The van der Waals surface area contributed by atoms with Crippen molar-refractivity contribution in [1.29, 1.82) is 0 Å². The molecule has 4 nitrogen and oxygen atoms in total. The molecule has 1 aromatic carbocycles. The Labute approximate surface area is 128 Å². The number of methoxy groups -OCH3 is 1. The fourth-order valence-electron chi connectivity index (χ4n) is 2.97. The molecule has 1 aliphatic heterocycles. The summed E-state index contributed by atoms with van der Waals surface area (Å²) in [5.41, 5.74) is 2.48. The number of hydrogen-bond donors (Lipinski definition) is 2. The van der Waals surface area contributed by atoms with E-state index in [2.05, 4.69) is 43.5 Å².